The highest BCUT2D eigenvalue weighted by atomic mass is 79.9. The molecule has 0 spiro atoms. The summed E-state index contributed by atoms with van der Waals surface area (Å²) in [7, 11) is 1.84. The standard InChI is InChI=1S/C18H15BrN6O2/c1-9-21-14(10-3-5-12(19)6-4-10)16(25(9)2)24-17(26)11-7-13-15(20-8-11)23-18(27)22-13/h3-8H,1-2H3,(H,24,26)(H2,20,22,23,27). The molecule has 1 aromatic carbocycles. The van der Waals surface area contributed by atoms with Crippen LogP contribution in [0.3, 0.4) is 0 Å². The van der Waals surface area contributed by atoms with E-state index in [1.54, 1.807) is 6.07 Å². The van der Waals surface area contributed by atoms with Gasteiger partial charge in [0.1, 0.15) is 17.3 Å². The number of aromatic amines is 2. The number of imidazole rings is 2. The second-order valence-electron chi connectivity index (χ2n) is 6.08. The van der Waals surface area contributed by atoms with Crippen LogP contribution in [0.15, 0.2) is 45.8 Å². The quantitative estimate of drug-likeness (QED) is 0.467. The van der Waals surface area contributed by atoms with Crippen LogP contribution >= 0.6 is 15.9 Å². The maximum Gasteiger partial charge on any atom is 0.325 e. The van der Waals surface area contributed by atoms with Crippen LogP contribution in [-0.4, -0.2) is 30.4 Å². The Hall–Kier alpha value is -3.20. The number of nitrogens with one attached hydrogen (secondary N) is 3. The zero-order valence-electron chi connectivity index (χ0n) is 14.5. The molecule has 0 radical (unpaired) electrons. The van der Waals surface area contributed by atoms with E-state index < -0.39 is 0 Å². The summed E-state index contributed by atoms with van der Waals surface area (Å²) in [6.07, 6.45) is 1.42. The van der Waals surface area contributed by atoms with Crippen LogP contribution in [0.2, 0.25) is 0 Å². The molecule has 0 aliphatic heterocycles. The first-order valence-corrected chi connectivity index (χ1v) is 8.90. The van der Waals surface area contributed by atoms with Crippen LogP contribution in [0.1, 0.15) is 16.2 Å². The molecule has 1 amide bonds. The number of carbonyl (C=O) groups is 1. The summed E-state index contributed by atoms with van der Waals surface area (Å²) >= 11 is 3.42. The average Bonchev–Trinajstić information content (AvgIpc) is 3.15. The van der Waals surface area contributed by atoms with Gasteiger partial charge in [-0.05, 0) is 25.1 Å². The number of carbonyl (C=O) groups excluding carboxylic acids is 1. The fourth-order valence-corrected chi connectivity index (χ4v) is 3.05. The lowest BCUT2D eigenvalue weighted by Gasteiger charge is -2.09. The molecule has 0 bridgehead atoms. The van der Waals surface area contributed by atoms with Crippen molar-refractivity contribution in [3.05, 3.63) is 62.9 Å². The molecule has 9 heteroatoms. The number of halogens is 1. The predicted octanol–water partition coefficient (Wildman–Crippen LogP) is 2.97. The lowest BCUT2D eigenvalue weighted by molar-refractivity contribution is 0.102. The zero-order valence-corrected chi connectivity index (χ0v) is 16.1. The summed E-state index contributed by atoms with van der Waals surface area (Å²) in [6.45, 7) is 1.87. The average molecular weight is 427 g/mol. The van der Waals surface area contributed by atoms with E-state index in [-0.39, 0.29) is 11.6 Å². The number of nitrogens with zero attached hydrogens (tertiary/aromatic N) is 3. The first kappa shape index (κ1) is 17.2. The van der Waals surface area contributed by atoms with E-state index in [0.29, 0.717) is 28.2 Å². The van der Waals surface area contributed by atoms with E-state index in [0.717, 1.165) is 15.9 Å². The third kappa shape index (κ3) is 3.17. The second kappa shape index (κ2) is 6.51. The largest absolute Gasteiger partial charge is 0.325 e. The Morgan fingerprint density at radius 1 is 1.22 bits per heavy atom. The van der Waals surface area contributed by atoms with Crippen LogP contribution in [0.4, 0.5) is 5.82 Å². The number of aryl methyl sites for hydroxylation is 1. The minimum absolute atomic E-state index is 0.332. The summed E-state index contributed by atoms with van der Waals surface area (Å²) in [5, 5.41) is 2.91. The van der Waals surface area contributed by atoms with E-state index in [1.807, 2.05) is 42.8 Å². The van der Waals surface area contributed by atoms with Crippen LogP contribution in [0.25, 0.3) is 22.4 Å². The molecule has 0 saturated carbocycles. The lowest BCUT2D eigenvalue weighted by atomic mass is 10.1. The normalized spacial score (nSPS) is 11.1. The highest BCUT2D eigenvalue weighted by Gasteiger charge is 2.18. The molecule has 4 aromatic rings. The molecule has 0 saturated heterocycles. The molecule has 4 rings (SSSR count). The van der Waals surface area contributed by atoms with Crippen LogP contribution in [-0.2, 0) is 7.05 Å². The molecule has 27 heavy (non-hydrogen) atoms. The van der Waals surface area contributed by atoms with Crippen LogP contribution < -0.4 is 11.0 Å². The number of amides is 1. The number of aromatic nitrogens is 5. The third-order valence-electron chi connectivity index (χ3n) is 4.30. The van der Waals surface area contributed by atoms with Gasteiger partial charge in [0.25, 0.3) is 5.91 Å². The molecule has 3 N–H and O–H groups in total. The minimum Gasteiger partial charge on any atom is -0.318 e. The van der Waals surface area contributed by atoms with Gasteiger partial charge in [-0.25, -0.2) is 14.8 Å². The smallest absolute Gasteiger partial charge is 0.318 e. The van der Waals surface area contributed by atoms with Crippen molar-refractivity contribution in [3.63, 3.8) is 0 Å². The Balaban J connectivity index is 1.71. The van der Waals surface area contributed by atoms with Gasteiger partial charge in [0.15, 0.2) is 5.65 Å². The van der Waals surface area contributed by atoms with E-state index in [1.165, 1.54) is 6.20 Å². The summed E-state index contributed by atoms with van der Waals surface area (Å²) in [6, 6.07) is 9.29. The Bertz CT molecular complexity index is 1220. The maximum atomic E-state index is 12.8. The Labute approximate surface area is 161 Å². The zero-order chi connectivity index (χ0) is 19.1. The molecule has 0 fully saturated rings. The minimum atomic E-state index is -0.366. The SMILES string of the molecule is Cc1nc(-c2ccc(Br)cc2)c(NC(=O)c2cnc3[nH]c(=O)[nH]c3c2)n1C. The monoisotopic (exact) mass is 426 g/mol. The predicted molar refractivity (Wildman–Crippen MR) is 106 cm³/mol. The summed E-state index contributed by atoms with van der Waals surface area (Å²) < 4.78 is 2.78. The number of anilines is 1. The highest BCUT2D eigenvalue weighted by molar-refractivity contribution is 9.10. The number of fused-ring (bicyclic) bond motifs is 1. The van der Waals surface area contributed by atoms with Crippen molar-refractivity contribution in [1.82, 2.24) is 24.5 Å². The first-order chi connectivity index (χ1) is 12.9. The third-order valence-corrected chi connectivity index (χ3v) is 4.83. The van der Waals surface area contributed by atoms with Gasteiger partial charge in [-0.3, -0.25) is 9.78 Å². The summed E-state index contributed by atoms with van der Waals surface area (Å²) in [4.78, 5) is 38.0. The molecule has 8 nitrogen and oxygen atoms in total. The number of hydrogen-bond donors (Lipinski definition) is 3. The topological polar surface area (TPSA) is 108 Å². The molecule has 3 heterocycles. The van der Waals surface area contributed by atoms with Crippen molar-refractivity contribution in [2.45, 2.75) is 6.92 Å². The molecule has 0 aliphatic carbocycles. The van der Waals surface area contributed by atoms with Crippen molar-refractivity contribution in [3.8, 4) is 11.3 Å². The van der Waals surface area contributed by atoms with Crippen molar-refractivity contribution in [1.29, 1.82) is 0 Å². The molecule has 0 aliphatic rings. The number of hydrogen-bond acceptors (Lipinski definition) is 4. The van der Waals surface area contributed by atoms with Crippen molar-refractivity contribution in [2.75, 3.05) is 5.32 Å². The van der Waals surface area contributed by atoms with Crippen molar-refractivity contribution >= 4 is 38.8 Å². The molecular weight excluding hydrogens is 412 g/mol. The summed E-state index contributed by atoms with van der Waals surface area (Å²) in [5.74, 6) is 1.02. The second-order valence-corrected chi connectivity index (χ2v) is 6.99. The summed E-state index contributed by atoms with van der Waals surface area (Å²) in [5.41, 5.74) is 2.42. The molecule has 0 atom stereocenters. The van der Waals surface area contributed by atoms with Gasteiger partial charge < -0.3 is 14.9 Å². The number of benzene rings is 1. The lowest BCUT2D eigenvalue weighted by Crippen LogP contribution is -2.15. The number of pyridine rings is 1. The van der Waals surface area contributed by atoms with Gasteiger partial charge in [0.05, 0.1) is 11.1 Å². The van der Waals surface area contributed by atoms with Gasteiger partial charge in [-0.15, -0.1) is 0 Å². The fourth-order valence-electron chi connectivity index (χ4n) is 2.79. The van der Waals surface area contributed by atoms with Gasteiger partial charge in [-0.1, -0.05) is 28.1 Å². The number of H-pyrrole nitrogens is 2. The highest BCUT2D eigenvalue weighted by Crippen LogP contribution is 2.29. The Morgan fingerprint density at radius 3 is 2.70 bits per heavy atom. The van der Waals surface area contributed by atoms with E-state index in [4.69, 9.17) is 0 Å². The molecule has 136 valence electrons. The Kier molecular flexibility index (Phi) is 4.15. The van der Waals surface area contributed by atoms with Crippen LogP contribution in [0, 0.1) is 6.92 Å². The molecule has 0 unspecified atom stereocenters. The fraction of sp³-hybridized carbons (Fsp3) is 0.111. The first-order valence-electron chi connectivity index (χ1n) is 8.11. The van der Waals surface area contributed by atoms with Crippen LogP contribution in [0.5, 0.6) is 0 Å². The van der Waals surface area contributed by atoms with Gasteiger partial charge in [0.2, 0.25) is 0 Å². The van der Waals surface area contributed by atoms with E-state index in [2.05, 4.69) is 41.2 Å². The van der Waals surface area contributed by atoms with Crippen molar-refractivity contribution < 1.29 is 4.79 Å². The number of rotatable bonds is 3. The molecule has 3 aromatic heterocycles. The van der Waals surface area contributed by atoms with E-state index >= 15 is 0 Å². The van der Waals surface area contributed by atoms with Gasteiger partial charge in [0, 0.05) is 23.3 Å². The van der Waals surface area contributed by atoms with Gasteiger partial charge in [-0.2, -0.15) is 0 Å². The maximum absolute atomic E-state index is 12.8. The van der Waals surface area contributed by atoms with Gasteiger partial charge >= 0.3 is 5.69 Å². The van der Waals surface area contributed by atoms with Crippen molar-refractivity contribution in [2.24, 2.45) is 7.05 Å². The van der Waals surface area contributed by atoms with E-state index in [9.17, 15) is 9.59 Å². The Morgan fingerprint density at radius 2 is 1.96 bits per heavy atom. The molecular formula is C18H15BrN6O2.